The molecule has 0 radical (unpaired) electrons. The van der Waals surface area contributed by atoms with Crippen molar-refractivity contribution in [3.05, 3.63) is 31.8 Å². The van der Waals surface area contributed by atoms with Gasteiger partial charge in [0.15, 0.2) is 0 Å². The molecule has 6 heteroatoms. The van der Waals surface area contributed by atoms with Crippen molar-refractivity contribution in [3.8, 4) is 0 Å². The van der Waals surface area contributed by atoms with Crippen molar-refractivity contribution in [1.82, 2.24) is 4.90 Å². The van der Waals surface area contributed by atoms with Gasteiger partial charge in [-0.3, -0.25) is 9.59 Å². The number of rotatable bonds is 4. The van der Waals surface area contributed by atoms with E-state index in [0.29, 0.717) is 31.5 Å². The van der Waals surface area contributed by atoms with Gasteiger partial charge in [0.1, 0.15) is 0 Å². The average Bonchev–Trinajstić information content (AvgIpc) is 2.87. The molecule has 0 saturated carbocycles. The Kier molecular flexibility index (Phi) is 5.29. The van der Waals surface area contributed by atoms with Crippen LogP contribution >= 0.6 is 38.5 Å². The molecule has 2 rings (SSSR count). The van der Waals surface area contributed by atoms with E-state index in [1.54, 1.807) is 11.0 Å². The van der Waals surface area contributed by atoms with Gasteiger partial charge in [-0.15, -0.1) is 0 Å². The Morgan fingerprint density at radius 2 is 2.19 bits per heavy atom. The highest BCUT2D eigenvalue weighted by atomic mass is 127. The number of amides is 1. The topological polar surface area (TPSA) is 57.6 Å². The summed E-state index contributed by atoms with van der Waals surface area (Å²) in [5.74, 6) is -0.872. The van der Waals surface area contributed by atoms with Gasteiger partial charge in [-0.05, 0) is 53.6 Å². The Bertz CT molecular complexity index is 578. The molecule has 0 aromatic heterocycles. The van der Waals surface area contributed by atoms with Crippen molar-refractivity contribution in [3.63, 3.8) is 0 Å². The molecule has 21 heavy (non-hydrogen) atoms. The molecular weight excluding hydrogens is 449 g/mol. The summed E-state index contributed by atoms with van der Waals surface area (Å²) in [6, 6.07) is 5.57. The number of likely N-dealkylation sites (tertiary alicyclic amines) is 1. The molecule has 0 spiro atoms. The van der Waals surface area contributed by atoms with Crippen molar-refractivity contribution in [2.24, 2.45) is 5.41 Å². The van der Waals surface area contributed by atoms with Crippen LogP contribution in [0.5, 0.6) is 0 Å². The Balaban J connectivity index is 2.22. The molecule has 1 heterocycles. The second-order valence-corrected chi connectivity index (χ2v) is 7.51. The van der Waals surface area contributed by atoms with Crippen LogP contribution in [0.15, 0.2) is 22.7 Å². The third-order valence-electron chi connectivity index (χ3n) is 3.98. The molecular formula is C15H17BrINO3. The van der Waals surface area contributed by atoms with Gasteiger partial charge in [0.25, 0.3) is 5.91 Å². The molecule has 1 aliphatic heterocycles. The van der Waals surface area contributed by atoms with Crippen molar-refractivity contribution in [2.75, 3.05) is 13.1 Å². The van der Waals surface area contributed by atoms with Crippen molar-refractivity contribution in [1.29, 1.82) is 0 Å². The lowest BCUT2D eigenvalue weighted by molar-refractivity contribution is -0.148. The monoisotopic (exact) mass is 465 g/mol. The summed E-state index contributed by atoms with van der Waals surface area (Å²) in [5.41, 5.74) is -0.148. The summed E-state index contributed by atoms with van der Waals surface area (Å²) in [5, 5.41) is 9.52. The highest BCUT2D eigenvalue weighted by Gasteiger charge is 2.45. The minimum atomic E-state index is -0.788. The second kappa shape index (κ2) is 6.64. The Hall–Kier alpha value is -0.630. The Labute approximate surface area is 146 Å². The number of benzene rings is 1. The zero-order valence-electron chi connectivity index (χ0n) is 11.7. The third-order valence-corrected chi connectivity index (χ3v) is 5.42. The van der Waals surface area contributed by atoms with Crippen LogP contribution < -0.4 is 0 Å². The molecule has 1 N–H and O–H groups in total. The smallest absolute Gasteiger partial charge is 0.311 e. The van der Waals surface area contributed by atoms with Gasteiger partial charge in [-0.2, -0.15) is 0 Å². The molecule has 1 amide bonds. The highest BCUT2D eigenvalue weighted by molar-refractivity contribution is 14.1. The number of hydrogen-bond donors (Lipinski definition) is 1. The fourth-order valence-electron chi connectivity index (χ4n) is 2.84. The number of carbonyl (C=O) groups excluding carboxylic acids is 1. The first-order chi connectivity index (χ1) is 9.89. The maximum atomic E-state index is 12.6. The zero-order chi connectivity index (χ0) is 15.6. The first-order valence-corrected chi connectivity index (χ1v) is 8.74. The van der Waals surface area contributed by atoms with Crippen LogP contribution in [0.2, 0.25) is 0 Å². The lowest BCUT2D eigenvalue weighted by Crippen LogP contribution is -2.37. The summed E-state index contributed by atoms with van der Waals surface area (Å²) in [4.78, 5) is 25.9. The Morgan fingerprint density at radius 3 is 2.81 bits per heavy atom. The van der Waals surface area contributed by atoms with Crippen LogP contribution in [0.3, 0.4) is 0 Å². The van der Waals surface area contributed by atoms with Crippen molar-refractivity contribution >= 4 is 50.4 Å². The summed E-state index contributed by atoms with van der Waals surface area (Å²) in [6.45, 7) is 2.79. The quantitative estimate of drug-likeness (QED) is 0.688. The molecule has 0 bridgehead atoms. The number of carboxylic acid groups (broad SMARTS) is 1. The van der Waals surface area contributed by atoms with E-state index in [1.165, 1.54) is 0 Å². The van der Waals surface area contributed by atoms with Gasteiger partial charge in [-0.1, -0.05) is 29.3 Å². The lowest BCUT2D eigenvalue weighted by atomic mass is 9.83. The molecule has 1 aromatic carbocycles. The summed E-state index contributed by atoms with van der Waals surface area (Å²) < 4.78 is 1.73. The van der Waals surface area contributed by atoms with E-state index in [-0.39, 0.29) is 5.91 Å². The number of nitrogens with zero attached hydrogens (tertiary/aromatic N) is 1. The van der Waals surface area contributed by atoms with Crippen LogP contribution in [-0.4, -0.2) is 35.0 Å². The molecule has 1 atom stereocenters. The number of halogens is 2. The summed E-state index contributed by atoms with van der Waals surface area (Å²) in [6.07, 6.45) is 1.96. The van der Waals surface area contributed by atoms with Gasteiger partial charge < -0.3 is 10.0 Å². The lowest BCUT2D eigenvalue weighted by Gasteiger charge is -2.24. The van der Waals surface area contributed by atoms with E-state index in [1.807, 2.05) is 19.1 Å². The largest absolute Gasteiger partial charge is 0.481 e. The normalized spacial score (nSPS) is 21.6. The molecule has 114 valence electrons. The maximum absolute atomic E-state index is 12.6. The molecule has 1 unspecified atom stereocenters. The number of carbonyl (C=O) groups is 2. The van der Waals surface area contributed by atoms with Gasteiger partial charge in [0.05, 0.1) is 11.0 Å². The molecule has 1 aromatic rings. The van der Waals surface area contributed by atoms with E-state index in [4.69, 9.17) is 0 Å². The number of carboxylic acids is 1. The van der Waals surface area contributed by atoms with Gasteiger partial charge >= 0.3 is 5.97 Å². The molecule has 1 aliphatic rings. The molecule has 1 fully saturated rings. The predicted molar refractivity (Wildman–Crippen MR) is 92.4 cm³/mol. The molecule has 1 saturated heterocycles. The number of aliphatic carboxylic acids is 1. The fourth-order valence-corrected chi connectivity index (χ4v) is 3.77. The first-order valence-electron chi connectivity index (χ1n) is 6.87. The molecule has 0 aliphatic carbocycles. The SMILES string of the molecule is CCCC1(C(=O)O)CCN(C(=O)c2cc(Br)ccc2I)C1. The maximum Gasteiger partial charge on any atom is 0.311 e. The van der Waals surface area contributed by atoms with E-state index >= 15 is 0 Å². The van der Waals surface area contributed by atoms with Crippen LogP contribution in [0.4, 0.5) is 0 Å². The standard InChI is InChI=1S/C15H17BrINO3/c1-2-5-15(14(20)21)6-7-18(9-15)13(19)11-8-10(16)3-4-12(11)17/h3-4,8H,2,5-7,9H2,1H3,(H,20,21). The van der Waals surface area contributed by atoms with E-state index in [0.717, 1.165) is 14.5 Å². The summed E-state index contributed by atoms with van der Waals surface area (Å²) >= 11 is 5.51. The van der Waals surface area contributed by atoms with Crippen LogP contribution in [-0.2, 0) is 4.79 Å². The van der Waals surface area contributed by atoms with Crippen molar-refractivity contribution < 1.29 is 14.7 Å². The Morgan fingerprint density at radius 1 is 1.48 bits per heavy atom. The highest BCUT2D eigenvalue weighted by Crippen LogP contribution is 2.36. The van der Waals surface area contributed by atoms with Gasteiger partial charge in [0.2, 0.25) is 0 Å². The first kappa shape index (κ1) is 16.7. The molecule has 4 nitrogen and oxygen atoms in total. The van der Waals surface area contributed by atoms with Crippen molar-refractivity contribution in [2.45, 2.75) is 26.2 Å². The van der Waals surface area contributed by atoms with Crippen LogP contribution in [0, 0.1) is 8.99 Å². The van der Waals surface area contributed by atoms with Gasteiger partial charge in [-0.25, -0.2) is 0 Å². The van der Waals surface area contributed by atoms with Crippen LogP contribution in [0.25, 0.3) is 0 Å². The van der Waals surface area contributed by atoms with Gasteiger partial charge in [0, 0.05) is 21.1 Å². The number of hydrogen-bond acceptors (Lipinski definition) is 2. The zero-order valence-corrected chi connectivity index (χ0v) is 15.5. The minimum Gasteiger partial charge on any atom is -0.481 e. The summed E-state index contributed by atoms with van der Waals surface area (Å²) in [7, 11) is 0. The predicted octanol–water partition coefficient (Wildman–Crippen LogP) is 3.77. The second-order valence-electron chi connectivity index (χ2n) is 5.44. The van der Waals surface area contributed by atoms with E-state index in [2.05, 4.69) is 38.5 Å². The van der Waals surface area contributed by atoms with E-state index in [9.17, 15) is 14.7 Å². The van der Waals surface area contributed by atoms with E-state index < -0.39 is 11.4 Å². The fraction of sp³-hybridized carbons (Fsp3) is 0.467. The minimum absolute atomic E-state index is 0.0834. The average molecular weight is 466 g/mol. The third kappa shape index (κ3) is 3.41. The van der Waals surface area contributed by atoms with Crippen LogP contribution in [0.1, 0.15) is 36.5 Å².